The largest absolute Gasteiger partial charge is 0.463 e. The van der Waals surface area contributed by atoms with Crippen molar-refractivity contribution in [1.29, 1.82) is 0 Å². The van der Waals surface area contributed by atoms with Crippen molar-refractivity contribution >= 4 is 17.0 Å². The molecule has 2 aromatic heterocycles. The van der Waals surface area contributed by atoms with E-state index in [1.165, 1.54) is 23.0 Å². The number of hydrogen-bond acceptors (Lipinski definition) is 5. The van der Waals surface area contributed by atoms with Gasteiger partial charge in [-0.2, -0.15) is 9.97 Å². The molecule has 0 saturated heterocycles. The third-order valence-corrected chi connectivity index (χ3v) is 3.72. The van der Waals surface area contributed by atoms with E-state index < -0.39 is 11.6 Å². The Morgan fingerprint density at radius 3 is 2.72 bits per heavy atom. The highest BCUT2D eigenvalue weighted by atomic mass is 19.1. The lowest BCUT2D eigenvalue weighted by atomic mass is 10.1. The summed E-state index contributed by atoms with van der Waals surface area (Å²) in [6, 6.07) is 2.76. The summed E-state index contributed by atoms with van der Waals surface area (Å²) in [5, 5.41) is 0. The fraction of sp³-hybridized carbons (Fsp3) is 0.353. The summed E-state index contributed by atoms with van der Waals surface area (Å²) in [5.74, 6) is -0.753. The van der Waals surface area contributed by atoms with E-state index in [1.54, 1.807) is 6.92 Å². The first-order chi connectivity index (χ1) is 11.9. The Hall–Kier alpha value is -2.77. The molecule has 0 amide bonds. The zero-order valence-electron chi connectivity index (χ0n) is 14.3. The van der Waals surface area contributed by atoms with Gasteiger partial charge in [0.1, 0.15) is 11.6 Å². The van der Waals surface area contributed by atoms with Gasteiger partial charge in [-0.1, -0.05) is 19.9 Å². The van der Waals surface area contributed by atoms with Gasteiger partial charge in [0.2, 0.25) is 0 Å². The predicted molar refractivity (Wildman–Crippen MR) is 90.3 cm³/mol. The molecule has 6 nitrogen and oxygen atoms in total. The van der Waals surface area contributed by atoms with Crippen LogP contribution < -0.4 is 10.5 Å². The second-order valence-electron chi connectivity index (χ2n) is 6.30. The zero-order valence-corrected chi connectivity index (χ0v) is 14.3. The molecule has 0 atom stereocenters. The van der Waals surface area contributed by atoms with Gasteiger partial charge in [-0.25, -0.2) is 13.8 Å². The number of rotatable bonds is 5. The van der Waals surface area contributed by atoms with E-state index in [1.807, 2.05) is 13.8 Å². The third kappa shape index (κ3) is 3.38. The van der Waals surface area contributed by atoms with Crippen molar-refractivity contribution in [2.45, 2.75) is 27.3 Å². The van der Waals surface area contributed by atoms with Crippen molar-refractivity contribution < 1.29 is 13.5 Å². The third-order valence-electron chi connectivity index (χ3n) is 3.72. The van der Waals surface area contributed by atoms with Gasteiger partial charge in [0.25, 0.3) is 0 Å². The molecule has 0 spiro atoms. The van der Waals surface area contributed by atoms with Gasteiger partial charge in [0.05, 0.1) is 19.5 Å². The summed E-state index contributed by atoms with van der Waals surface area (Å²) in [5.41, 5.74) is 6.95. The van der Waals surface area contributed by atoms with Crippen LogP contribution in [0.3, 0.4) is 0 Å². The van der Waals surface area contributed by atoms with Crippen molar-refractivity contribution in [3.8, 4) is 6.01 Å². The van der Waals surface area contributed by atoms with Crippen LogP contribution in [-0.2, 0) is 6.54 Å². The SMILES string of the molecule is Cc1ccc(F)c(Cn2cnc3c(N)nc(OCC(C)C)nc32)c1F. The van der Waals surface area contributed by atoms with E-state index in [2.05, 4.69) is 15.0 Å². The minimum atomic E-state index is -0.622. The topological polar surface area (TPSA) is 78.9 Å². The molecule has 0 aliphatic rings. The minimum Gasteiger partial charge on any atom is -0.463 e. The Balaban J connectivity index is 2.01. The first-order valence-corrected chi connectivity index (χ1v) is 7.91. The second kappa shape index (κ2) is 6.62. The van der Waals surface area contributed by atoms with Gasteiger partial charge in [0.15, 0.2) is 17.0 Å². The molecular formula is C17H19F2N5O. The van der Waals surface area contributed by atoms with E-state index in [-0.39, 0.29) is 23.9 Å². The van der Waals surface area contributed by atoms with E-state index >= 15 is 0 Å². The number of benzene rings is 1. The van der Waals surface area contributed by atoms with Gasteiger partial charge in [-0.05, 0) is 24.5 Å². The van der Waals surface area contributed by atoms with Crippen LogP contribution in [0.2, 0.25) is 0 Å². The van der Waals surface area contributed by atoms with Crippen LogP contribution in [0.25, 0.3) is 11.2 Å². The highest BCUT2D eigenvalue weighted by Crippen LogP contribution is 2.23. The lowest BCUT2D eigenvalue weighted by Gasteiger charge is -2.10. The molecule has 0 fully saturated rings. The van der Waals surface area contributed by atoms with E-state index in [9.17, 15) is 8.78 Å². The van der Waals surface area contributed by atoms with Crippen LogP contribution in [0.5, 0.6) is 6.01 Å². The maximum atomic E-state index is 14.3. The van der Waals surface area contributed by atoms with Gasteiger partial charge in [-0.15, -0.1) is 0 Å². The lowest BCUT2D eigenvalue weighted by Crippen LogP contribution is -2.10. The maximum Gasteiger partial charge on any atom is 0.320 e. The molecule has 3 rings (SSSR count). The van der Waals surface area contributed by atoms with Crippen molar-refractivity contribution in [2.75, 3.05) is 12.3 Å². The highest BCUT2D eigenvalue weighted by Gasteiger charge is 2.17. The maximum absolute atomic E-state index is 14.3. The first-order valence-electron chi connectivity index (χ1n) is 7.91. The summed E-state index contributed by atoms with van der Waals surface area (Å²) >= 11 is 0. The van der Waals surface area contributed by atoms with Crippen LogP contribution in [0.15, 0.2) is 18.5 Å². The van der Waals surface area contributed by atoms with Crippen LogP contribution in [0.1, 0.15) is 25.0 Å². The van der Waals surface area contributed by atoms with Gasteiger partial charge in [-0.3, -0.25) is 0 Å². The number of fused-ring (bicyclic) bond motifs is 1. The monoisotopic (exact) mass is 347 g/mol. The molecule has 0 saturated carbocycles. The van der Waals surface area contributed by atoms with Crippen molar-refractivity contribution in [2.24, 2.45) is 5.92 Å². The molecule has 0 bridgehead atoms. The zero-order chi connectivity index (χ0) is 18.1. The summed E-state index contributed by atoms with van der Waals surface area (Å²) < 4.78 is 35.3. The molecule has 2 N–H and O–H groups in total. The number of ether oxygens (including phenoxy) is 1. The summed E-state index contributed by atoms with van der Waals surface area (Å²) in [6.45, 7) is 5.95. The minimum absolute atomic E-state index is 0.0545. The van der Waals surface area contributed by atoms with E-state index in [0.29, 0.717) is 29.3 Å². The molecule has 0 unspecified atom stereocenters. The molecular weight excluding hydrogens is 328 g/mol. The normalized spacial score (nSPS) is 11.4. The Morgan fingerprint density at radius 2 is 2.00 bits per heavy atom. The van der Waals surface area contributed by atoms with Crippen molar-refractivity contribution in [1.82, 2.24) is 19.5 Å². The van der Waals surface area contributed by atoms with Gasteiger partial charge < -0.3 is 15.0 Å². The van der Waals surface area contributed by atoms with Gasteiger partial charge in [0, 0.05) is 5.56 Å². The molecule has 132 valence electrons. The number of imidazole rings is 1. The summed E-state index contributed by atoms with van der Waals surface area (Å²) in [6.07, 6.45) is 1.43. The number of anilines is 1. The average Bonchev–Trinajstić information content (AvgIpc) is 2.97. The number of hydrogen-bond donors (Lipinski definition) is 1. The Kier molecular flexibility index (Phi) is 4.52. The Bertz CT molecular complexity index is 923. The van der Waals surface area contributed by atoms with E-state index in [4.69, 9.17) is 10.5 Å². The average molecular weight is 347 g/mol. The molecule has 1 aromatic carbocycles. The molecule has 2 heterocycles. The second-order valence-corrected chi connectivity index (χ2v) is 6.30. The number of halogens is 2. The first kappa shape index (κ1) is 17.1. The highest BCUT2D eigenvalue weighted by molar-refractivity contribution is 5.81. The molecule has 3 aromatic rings. The Morgan fingerprint density at radius 1 is 1.24 bits per heavy atom. The molecule has 0 aliphatic carbocycles. The number of nitrogen functional groups attached to an aromatic ring is 1. The number of nitrogens with two attached hydrogens (primary N) is 1. The molecule has 0 aliphatic heterocycles. The van der Waals surface area contributed by atoms with Crippen LogP contribution in [0.4, 0.5) is 14.6 Å². The fourth-order valence-corrected chi connectivity index (χ4v) is 2.40. The standard InChI is InChI=1S/C17H19F2N5O/c1-9(2)7-25-17-22-15(20)14-16(23-17)24(8-21-14)6-11-12(18)5-4-10(3)13(11)19/h4-5,8-9H,6-7H2,1-3H3,(H2,20,22,23). The van der Waals surface area contributed by atoms with E-state index in [0.717, 1.165) is 0 Å². The fourth-order valence-electron chi connectivity index (χ4n) is 2.40. The lowest BCUT2D eigenvalue weighted by molar-refractivity contribution is 0.252. The van der Waals surface area contributed by atoms with Crippen LogP contribution >= 0.6 is 0 Å². The van der Waals surface area contributed by atoms with Crippen LogP contribution in [-0.4, -0.2) is 26.1 Å². The molecule has 0 radical (unpaired) electrons. The smallest absolute Gasteiger partial charge is 0.320 e. The Labute approximate surface area is 143 Å². The van der Waals surface area contributed by atoms with Crippen molar-refractivity contribution in [3.63, 3.8) is 0 Å². The number of aryl methyl sites for hydroxylation is 1. The van der Waals surface area contributed by atoms with Crippen molar-refractivity contribution in [3.05, 3.63) is 41.2 Å². The summed E-state index contributed by atoms with van der Waals surface area (Å²) in [7, 11) is 0. The van der Waals surface area contributed by atoms with Gasteiger partial charge >= 0.3 is 6.01 Å². The predicted octanol–water partition coefficient (Wildman–Crippen LogP) is 3.08. The molecule has 25 heavy (non-hydrogen) atoms. The number of nitrogens with zero attached hydrogens (tertiary/aromatic N) is 4. The van der Waals surface area contributed by atoms with Crippen LogP contribution in [0, 0.1) is 24.5 Å². The number of aromatic nitrogens is 4. The quantitative estimate of drug-likeness (QED) is 0.767. The summed E-state index contributed by atoms with van der Waals surface area (Å²) in [4.78, 5) is 12.5. The molecule has 8 heteroatoms.